The summed E-state index contributed by atoms with van der Waals surface area (Å²) >= 11 is 0. The van der Waals surface area contributed by atoms with Crippen LogP contribution in [-0.2, 0) is 16.4 Å². The van der Waals surface area contributed by atoms with E-state index in [1.165, 1.54) is 12.1 Å². The lowest BCUT2D eigenvalue weighted by molar-refractivity contribution is 0.106. The SMILES string of the molecule is O=S(=O)(Nc1ccc(CCCNCC(O)COc2ccc(O)cc2)cc1)c1ccccc1. The van der Waals surface area contributed by atoms with Crippen LogP contribution in [0.5, 0.6) is 11.5 Å². The van der Waals surface area contributed by atoms with Crippen LogP contribution in [0.15, 0.2) is 83.8 Å². The third-order valence-corrected chi connectivity index (χ3v) is 6.13. The van der Waals surface area contributed by atoms with E-state index in [-0.39, 0.29) is 17.3 Å². The zero-order valence-electron chi connectivity index (χ0n) is 17.6. The van der Waals surface area contributed by atoms with Crippen molar-refractivity contribution in [2.24, 2.45) is 0 Å². The van der Waals surface area contributed by atoms with Crippen molar-refractivity contribution < 1.29 is 23.4 Å². The molecule has 0 aromatic heterocycles. The van der Waals surface area contributed by atoms with E-state index in [0.29, 0.717) is 18.0 Å². The smallest absolute Gasteiger partial charge is 0.261 e. The Bertz CT molecular complexity index is 1060. The molecule has 1 atom stereocenters. The molecule has 0 saturated carbocycles. The maximum absolute atomic E-state index is 12.4. The summed E-state index contributed by atoms with van der Waals surface area (Å²) in [6.45, 7) is 1.31. The molecule has 1 unspecified atom stereocenters. The number of hydrogen-bond donors (Lipinski definition) is 4. The lowest BCUT2D eigenvalue weighted by atomic mass is 10.1. The first-order chi connectivity index (χ1) is 15.4. The zero-order chi connectivity index (χ0) is 22.8. The Balaban J connectivity index is 1.33. The number of aliphatic hydroxyl groups is 1. The summed E-state index contributed by atoms with van der Waals surface area (Å²) in [5.41, 5.74) is 1.62. The molecular formula is C24H28N2O5S. The van der Waals surface area contributed by atoms with Crippen LogP contribution in [0.25, 0.3) is 0 Å². The first kappa shape index (κ1) is 23.6. The minimum absolute atomic E-state index is 0.165. The van der Waals surface area contributed by atoms with Gasteiger partial charge in [-0.25, -0.2) is 8.42 Å². The van der Waals surface area contributed by atoms with E-state index in [1.54, 1.807) is 54.6 Å². The summed E-state index contributed by atoms with van der Waals surface area (Å²) in [6.07, 6.45) is 1.07. The average Bonchev–Trinajstić information content (AvgIpc) is 2.80. The molecule has 3 rings (SSSR count). The molecule has 0 radical (unpaired) electrons. The largest absolute Gasteiger partial charge is 0.508 e. The highest BCUT2D eigenvalue weighted by molar-refractivity contribution is 7.92. The summed E-state index contributed by atoms with van der Waals surface area (Å²) in [6, 6.07) is 21.9. The number of sulfonamides is 1. The van der Waals surface area contributed by atoms with Crippen molar-refractivity contribution in [3.8, 4) is 11.5 Å². The number of hydrogen-bond acceptors (Lipinski definition) is 6. The highest BCUT2D eigenvalue weighted by Gasteiger charge is 2.13. The monoisotopic (exact) mass is 456 g/mol. The van der Waals surface area contributed by atoms with Gasteiger partial charge in [-0.1, -0.05) is 30.3 Å². The van der Waals surface area contributed by atoms with Gasteiger partial charge in [-0.15, -0.1) is 0 Å². The fourth-order valence-electron chi connectivity index (χ4n) is 3.03. The second-order valence-corrected chi connectivity index (χ2v) is 9.06. The number of phenols is 1. The Kier molecular flexibility index (Phi) is 8.49. The third kappa shape index (κ3) is 7.56. The number of aryl methyl sites for hydroxylation is 1. The molecule has 0 bridgehead atoms. The number of nitrogens with one attached hydrogen (secondary N) is 2. The van der Waals surface area contributed by atoms with Crippen molar-refractivity contribution in [3.63, 3.8) is 0 Å². The van der Waals surface area contributed by atoms with Gasteiger partial charge in [0.05, 0.1) is 4.90 Å². The Hall–Kier alpha value is -3.07. The van der Waals surface area contributed by atoms with Crippen molar-refractivity contribution in [2.75, 3.05) is 24.4 Å². The van der Waals surface area contributed by atoms with Gasteiger partial charge < -0.3 is 20.3 Å². The van der Waals surface area contributed by atoms with Crippen LogP contribution in [0, 0.1) is 0 Å². The van der Waals surface area contributed by atoms with Gasteiger partial charge in [0.1, 0.15) is 24.2 Å². The summed E-state index contributed by atoms with van der Waals surface area (Å²) in [5.74, 6) is 0.763. The van der Waals surface area contributed by atoms with E-state index in [1.807, 2.05) is 12.1 Å². The molecule has 0 fully saturated rings. The minimum atomic E-state index is -3.59. The zero-order valence-corrected chi connectivity index (χ0v) is 18.5. The van der Waals surface area contributed by atoms with Gasteiger partial charge in [0, 0.05) is 12.2 Å². The number of aromatic hydroxyl groups is 1. The van der Waals surface area contributed by atoms with Gasteiger partial charge in [-0.05, 0) is 73.5 Å². The Morgan fingerprint density at radius 3 is 2.28 bits per heavy atom. The molecule has 0 aliphatic carbocycles. The van der Waals surface area contributed by atoms with Crippen molar-refractivity contribution in [1.82, 2.24) is 5.32 Å². The van der Waals surface area contributed by atoms with Crippen LogP contribution < -0.4 is 14.8 Å². The second-order valence-electron chi connectivity index (χ2n) is 7.38. The molecule has 3 aromatic rings. The molecule has 0 amide bonds. The third-order valence-electron chi connectivity index (χ3n) is 4.74. The second kappa shape index (κ2) is 11.5. The van der Waals surface area contributed by atoms with E-state index in [2.05, 4.69) is 10.0 Å². The molecular weight excluding hydrogens is 428 g/mol. The van der Waals surface area contributed by atoms with Gasteiger partial charge in [0.25, 0.3) is 10.0 Å². The van der Waals surface area contributed by atoms with Crippen molar-refractivity contribution in [2.45, 2.75) is 23.8 Å². The van der Waals surface area contributed by atoms with E-state index >= 15 is 0 Å². The average molecular weight is 457 g/mol. The summed E-state index contributed by atoms with van der Waals surface area (Å²) < 4.78 is 32.8. The Morgan fingerprint density at radius 1 is 0.906 bits per heavy atom. The van der Waals surface area contributed by atoms with Crippen LogP contribution in [0.1, 0.15) is 12.0 Å². The van der Waals surface area contributed by atoms with Crippen molar-refractivity contribution in [1.29, 1.82) is 0 Å². The minimum Gasteiger partial charge on any atom is -0.508 e. The summed E-state index contributed by atoms with van der Waals surface area (Å²) in [7, 11) is -3.59. The van der Waals surface area contributed by atoms with E-state index in [0.717, 1.165) is 24.9 Å². The van der Waals surface area contributed by atoms with Gasteiger partial charge in [0.15, 0.2) is 0 Å². The fourth-order valence-corrected chi connectivity index (χ4v) is 4.11. The molecule has 0 saturated heterocycles. The molecule has 0 spiro atoms. The van der Waals surface area contributed by atoms with Crippen LogP contribution in [0.4, 0.5) is 5.69 Å². The molecule has 0 aliphatic heterocycles. The number of phenolic OH excluding ortho intramolecular Hbond substituents is 1. The molecule has 0 heterocycles. The quantitative estimate of drug-likeness (QED) is 0.312. The lowest BCUT2D eigenvalue weighted by Gasteiger charge is -2.13. The van der Waals surface area contributed by atoms with E-state index in [9.17, 15) is 18.6 Å². The van der Waals surface area contributed by atoms with Crippen LogP contribution >= 0.6 is 0 Å². The predicted octanol–water partition coefficient (Wildman–Crippen LogP) is 3.16. The van der Waals surface area contributed by atoms with E-state index < -0.39 is 16.1 Å². The van der Waals surface area contributed by atoms with Crippen molar-refractivity contribution >= 4 is 15.7 Å². The van der Waals surface area contributed by atoms with Gasteiger partial charge >= 0.3 is 0 Å². The predicted molar refractivity (Wildman–Crippen MR) is 124 cm³/mol. The molecule has 0 aliphatic rings. The van der Waals surface area contributed by atoms with Gasteiger partial charge in [-0.3, -0.25) is 4.72 Å². The highest BCUT2D eigenvalue weighted by Crippen LogP contribution is 2.17. The number of aliphatic hydroxyl groups excluding tert-OH is 1. The molecule has 32 heavy (non-hydrogen) atoms. The van der Waals surface area contributed by atoms with Crippen molar-refractivity contribution in [3.05, 3.63) is 84.4 Å². The van der Waals surface area contributed by atoms with Crippen LogP contribution in [-0.4, -0.2) is 44.4 Å². The number of anilines is 1. The van der Waals surface area contributed by atoms with Gasteiger partial charge in [-0.2, -0.15) is 0 Å². The lowest BCUT2D eigenvalue weighted by Crippen LogP contribution is -2.32. The number of benzene rings is 3. The highest BCUT2D eigenvalue weighted by atomic mass is 32.2. The molecule has 170 valence electrons. The Labute approximate surface area is 188 Å². The number of ether oxygens (including phenoxy) is 1. The topological polar surface area (TPSA) is 108 Å². The summed E-state index contributed by atoms with van der Waals surface area (Å²) in [5, 5.41) is 22.4. The molecule has 8 heteroatoms. The maximum atomic E-state index is 12.4. The normalized spacial score (nSPS) is 12.3. The molecule has 4 N–H and O–H groups in total. The molecule has 7 nitrogen and oxygen atoms in total. The number of rotatable bonds is 12. The van der Waals surface area contributed by atoms with E-state index in [4.69, 9.17) is 4.74 Å². The van der Waals surface area contributed by atoms with Gasteiger partial charge in [0.2, 0.25) is 0 Å². The standard InChI is InChI=1S/C24H28N2O5S/c27-21-12-14-23(15-13-21)31-18-22(28)17-25-16-4-5-19-8-10-20(11-9-19)26-32(29,30)24-6-2-1-3-7-24/h1-3,6-15,22,25-28H,4-5,16-18H2. The Morgan fingerprint density at radius 2 is 1.59 bits per heavy atom. The first-order valence-corrected chi connectivity index (χ1v) is 11.9. The summed E-state index contributed by atoms with van der Waals surface area (Å²) in [4.78, 5) is 0.228. The first-order valence-electron chi connectivity index (χ1n) is 10.4. The van der Waals surface area contributed by atoms with Crippen LogP contribution in [0.2, 0.25) is 0 Å². The van der Waals surface area contributed by atoms with Crippen LogP contribution in [0.3, 0.4) is 0 Å². The fraction of sp³-hybridized carbons (Fsp3) is 0.250. The maximum Gasteiger partial charge on any atom is 0.261 e. The molecule has 3 aromatic carbocycles.